The predicted molar refractivity (Wildman–Crippen MR) is 170 cm³/mol. The topological polar surface area (TPSA) is 200 Å². The van der Waals surface area contributed by atoms with Crippen LogP contribution in [0, 0.1) is 0 Å². The Bertz CT molecular complexity index is 1360. The summed E-state index contributed by atoms with van der Waals surface area (Å²) in [5.74, 6) is -3.82. The molecular weight excluding hydrogens is 606 g/mol. The van der Waals surface area contributed by atoms with Gasteiger partial charge in [0.2, 0.25) is 23.6 Å². The lowest BCUT2D eigenvalue weighted by atomic mass is 10.00. The van der Waals surface area contributed by atoms with Gasteiger partial charge in [0.05, 0.1) is 17.3 Å². The third-order valence-electron chi connectivity index (χ3n) is 7.03. The van der Waals surface area contributed by atoms with E-state index in [0.717, 1.165) is 16.4 Å². The zero-order chi connectivity index (χ0) is 32.7. The minimum Gasteiger partial charge on any atom is -0.508 e. The number of nitrogens with one attached hydrogen (secondary N) is 4. The standard InChI is InChI=1S/C30H39N5O7S2/c1-29(2)23(34-25(38)20(31)14-18-10-12-19(36)13-11-18)27(40)32-16-22(37)33-21(15-17-8-6-5-7-9-17)26(39)35-24(28(41)42)30(3,4)44-43-29/h5-13,20-21,23-24,36H,14-16,31H2,1-4H3,(H,32,40)(H,33,37)(H,34,38)(H,35,39)(H,41,42)/t20-,21-,23-,24+/m0/s1. The van der Waals surface area contributed by atoms with Gasteiger partial charge in [-0.1, -0.05) is 64.1 Å². The van der Waals surface area contributed by atoms with Gasteiger partial charge in [-0.05, 0) is 57.4 Å². The lowest BCUT2D eigenvalue weighted by Crippen LogP contribution is -2.61. The van der Waals surface area contributed by atoms with Crippen LogP contribution in [0.1, 0.15) is 38.8 Å². The molecule has 0 aromatic heterocycles. The first-order valence-electron chi connectivity index (χ1n) is 13.9. The number of amides is 4. The van der Waals surface area contributed by atoms with E-state index in [1.165, 1.54) is 22.9 Å². The zero-order valence-electron chi connectivity index (χ0n) is 25.0. The molecule has 2 aromatic carbocycles. The quantitative estimate of drug-likeness (QED) is 0.214. The third kappa shape index (κ3) is 9.63. The van der Waals surface area contributed by atoms with Crippen LogP contribution in [0.15, 0.2) is 54.6 Å². The molecule has 44 heavy (non-hydrogen) atoms. The van der Waals surface area contributed by atoms with Gasteiger partial charge in [-0.15, -0.1) is 0 Å². The van der Waals surface area contributed by atoms with Crippen LogP contribution in [0.2, 0.25) is 0 Å². The van der Waals surface area contributed by atoms with Crippen LogP contribution in [0.25, 0.3) is 0 Å². The Kier molecular flexibility index (Phi) is 11.7. The predicted octanol–water partition coefficient (Wildman–Crippen LogP) is 1.11. The number of nitrogens with two attached hydrogens (primary N) is 1. The Labute approximate surface area is 264 Å². The van der Waals surface area contributed by atoms with E-state index in [4.69, 9.17) is 5.73 Å². The monoisotopic (exact) mass is 645 g/mol. The fourth-order valence-electron chi connectivity index (χ4n) is 4.44. The van der Waals surface area contributed by atoms with Crippen molar-refractivity contribution in [1.82, 2.24) is 21.3 Å². The van der Waals surface area contributed by atoms with E-state index in [-0.39, 0.29) is 18.6 Å². The van der Waals surface area contributed by atoms with Crippen LogP contribution in [0.5, 0.6) is 5.75 Å². The minimum absolute atomic E-state index is 0.0718. The number of phenols is 1. The van der Waals surface area contributed by atoms with Gasteiger partial charge in [0.25, 0.3) is 0 Å². The second kappa shape index (κ2) is 14.8. The second-order valence-corrected chi connectivity index (χ2v) is 15.0. The van der Waals surface area contributed by atoms with Gasteiger partial charge in [-0.3, -0.25) is 19.2 Å². The Morgan fingerprint density at radius 1 is 0.932 bits per heavy atom. The van der Waals surface area contributed by atoms with Crippen molar-refractivity contribution in [2.24, 2.45) is 5.73 Å². The molecule has 2 aromatic rings. The maximum Gasteiger partial charge on any atom is 0.327 e. The third-order valence-corrected chi connectivity index (χ3v) is 11.3. The molecule has 0 unspecified atom stereocenters. The van der Waals surface area contributed by atoms with E-state index in [2.05, 4.69) is 21.3 Å². The number of rotatable bonds is 7. The van der Waals surface area contributed by atoms with E-state index in [1.807, 2.05) is 0 Å². The molecule has 1 aliphatic rings. The van der Waals surface area contributed by atoms with Gasteiger partial charge >= 0.3 is 5.97 Å². The number of benzene rings is 2. The number of hydrogen-bond acceptors (Lipinski definition) is 9. The molecule has 14 heteroatoms. The highest BCUT2D eigenvalue weighted by Gasteiger charge is 2.44. The molecular formula is C30H39N5O7S2. The number of aliphatic carboxylic acids is 1. The highest BCUT2D eigenvalue weighted by atomic mass is 33.1. The van der Waals surface area contributed by atoms with E-state index < -0.39 is 69.8 Å². The first kappa shape index (κ1) is 34.7. The average Bonchev–Trinajstić information content (AvgIpc) is 2.96. The Hall–Kier alpha value is -3.75. The summed E-state index contributed by atoms with van der Waals surface area (Å²) in [6, 6.07) is 10.5. The van der Waals surface area contributed by atoms with Gasteiger partial charge < -0.3 is 37.2 Å². The summed E-state index contributed by atoms with van der Waals surface area (Å²) in [6.45, 7) is 6.21. The lowest BCUT2D eigenvalue weighted by Gasteiger charge is -2.38. The van der Waals surface area contributed by atoms with Gasteiger partial charge in [0, 0.05) is 11.2 Å². The molecule has 0 aliphatic carbocycles. The molecule has 0 saturated carbocycles. The van der Waals surface area contributed by atoms with Crippen molar-refractivity contribution >= 4 is 51.2 Å². The van der Waals surface area contributed by atoms with Crippen LogP contribution < -0.4 is 27.0 Å². The number of aromatic hydroxyl groups is 1. The summed E-state index contributed by atoms with van der Waals surface area (Å²) in [6.07, 6.45) is 0.229. The van der Waals surface area contributed by atoms with Crippen LogP contribution >= 0.6 is 21.6 Å². The molecule has 0 bridgehead atoms. The fourth-order valence-corrected chi connectivity index (χ4v) is 7.26. The van der Waals surface area contributed by atoms with Crippen molar-refractivity contribution in [3.8, 4) is 5.75 Å². The number of carboxylic acids is 1. The van der Waals surface area contributed by atoms with E-state index >= 15 is 0 Å². The Morgan fingerprint density at radius 2 is 1.55 bits per heavy atom. The van der Waals surface area contributed by atoms with Crippen LogP contribution in [0.3, 0.4) is 0 Å². The average molecular weight is 646 g/mol. The molecule has 8 N–H and O–H groups in total. The number of carbonyl (C=O) groups excluding carboxylic acids is 4. The maximum atomic E-state index is 13.5. The summed E-state index contributed by atoms with van der Waals surface area (Å²) < 4.78 is -2.14. The molecule has 12 nitrogen and oxygen atoms in total. The summed E-state index contributed by atoms with van der Waals surface area (Å²) in [7, 11) is 2.32. The summed E-state index contributed by atoms with van der Waals surface area (Å²) in [5.41, 5.74) is 7.61. The maximum absolute atomic E-state index is 13.5. The van der Waals surface area contributed by atoms with Crippen molar-refractivity contribution in [2.75, 3.05) is 6.54 Å². The molecule has 1 heterocycles. The SMILES string of the molecule is CC1(C)SSC(C)(C)[C@@H](NC(=O)[C@@H](N)Cc2ccc(O)cc2)C(=O)NCC(=O)N[C@@H](Cc2ccccc2)C(=O)N[C@@H]1C(=O)O. The molecule has 4 amide bonds. The molecule has 3 rings (SSSR count). The summed E-state index contributed by atoms with van der Waals surface area (Å²) >= 11 is 0. The first-order chi connectivity index (χ1) is 20.6. The smallest absolute Gasteiger partial charge is 0.327 e. The van der Waals surface area contributed by atoms with Crippen LogP contribution in [-0.4, -0.2) is 80.0 Å². The zero-order valence-corrected chi connectivity index (χ0v) is 26.6. The minimum atomic E-state index is -1.36. The number of carboxylic acid groups (broad SMARTS) is 1. The van der Waals surface area contributed by atoms with Gasteiger partial charge in [0.1, 0.15) is 23.9 Å². The van der Waals surface area contributed by atoms with Crippen molar-refractivity contribution in [1.29, 1.82) is 0 Å². The number of carbonyl (C=O) groups is 5. The highest BCUT2D eigenvalue weighted by Crippen LogP contribution is 2.46. The Morgan fingerprint density at radius 3 is 2.16 bits per heavy atom. The van der Waals surface area contributed by atoms with Crippen molar-refractivity contribution in [3.05, 3.63) is 65.7 Å². The van der Waals surface area contributed by atoms with E-state index in [9.17, 15) is 34.2 Å². The summed E-state index contributed by atoms with van der Waals surface area (Å²) in [5, 5.41) is 30.1. The molecule has 1 saturated heterocycles. The molecule has 238 valence electrons. The van der Waals surface area contributed by atoms with E-state index in [1.54, 1.807) is 70.2 Å². The van der Waals surface area contributed by atoms with Gasteiger partial charge in [-0.2, -0.15) is 0 Å². The van der Waals surface area contributed by atoms with Gasteiger partial charge in [-0.25, -0.2) is 4.79 Å². The molecule has 0 spiro atoms. The van der Waals surface area contributed by atoms with Crippen molar-refractivity contribution in [2.45, 2.75) is 74.2 Å². The molecule has 1 aliphatic heterocycles. The first-order valence-corrected chi connectivity index (χ1v) is 16.1. The lowest BCUT2D eigenvalue weighted by molar-refractivity contribution is -0.143. The summed E-state index contributed by atoms with van der Waals surface area (Å²) in [4.78, 5) is 65.4. The molecule has 0 radical (unpaired) electrons. The van der Waals surface area contributed by atoms with Crippen molar-refractivity contribution in [3.63, 3.8) is 0 Å². The second-order valence-electron chi connectivity index (χ2n) is 11.6. The molecule has 1 fully saturated rings. The van der Waals surface area contributed by atoms with Crippen molar-refractivity contribution < 1.29 is 34.2 Å². The number of phenolic OH excluding ortho intramolecular Hbond substituents is 1. The highest BCUT2D eigenvalue weighted by molar-refractivity contribution is 8.77. The number of hydrogen-bond donors (Lipinski definition) is 7. The largest absolute Gasteiger partial charge is 0.508 e. The normalized spacial score (nSPS) is 23.2. The fraction of sp³-hybridized carbons (Fsp3) is 0.433. The van der Waals surface area contributed by atoms with E-state index in [0.29, 0.717) is 5.56 Å². The van der Waals surface area contributed by atoms with Crippen LogP contribution in [-0.2, 0) is 36.8 Å². The van der Waals surface area contributed by atoms with Gasteiger partial charge in [0.15, 0.2) is 0 Å². The van der Waals surface area contributed by atoms with Crippen LogP contribution in [0.4, 0.5) is 0 Å². The Balaban J connectivity index is 1.88. The molecule has 4 atom stereocenters.